The third kappa shape index (κ3) is 4.79. The zero-order valence-corrected chi connectivity index (χ0v) is 18.7. The summed E-state index contributed by atoms with van der Waals surface area (Å²) in [5.74, 6) is -1.24. The number of methoxy groups -OCH3 is 1. The standard InChI is InChI=1S/C23H19FN2O4S2/c1-30-18-8-10-19(11-9-18)32(28,29)15-22(27)26(14-16-5-3-2-4-6-16)23-25-20-12-7-17(24)13-21(20)31-23/h2-13H,14-15H2,1H3. The number of hydrogen-bond donors (Lipinski definition) is 0. The van der Waals surface area contributed by atoms with Crippen molar-refractivity contribution in [3.8, 4) is 5.75 Å². The van der Waals surface area contributed by atoms with Gasteiger partial charge in [-0.2, -0.15) is 0 Å². The number of carbonyl (C=O) groups excluding carboxylic acids is 1. The predicted octanol–water partition coefficient (Wildman–Crippen LogP) is 4.45. The first kappa shape index (κ1) is 21.9. The molecule has 0 N–H and O–H groups in total. The van der Waals surface area contributed by atoms with Gasteiger partial charge in [0.25, 0.3) is 0 Å². The van der Waals surface area contributed by atoms with Gasteiger partial charge in [-0.3, -0.25) is 9.69 Å². The molecular formula is C23H19FN2O4S2. The summed E-state index contributed by atoms with van der Waals surface area (Å²) < 4.78 is 45.0. The summed E-state index contributed by atoms with van der Waals surface area (Å²) in [6, 6.07) is 19.2. The maximum Gasteiger partial charge on any atom is 0.244 e. The number of thiazole rings is 1. The highest BCUT2D eigenvalue weighted by Crippen LogP contribution is 2.31. The van der Waals surface area contributed by atoms with Crippen molar-refractivity contribution in [2.24, 2.45) is 0 Å². The van der Waals surface area contributed by atoms with Crippen LogP contribution in [0.1, 0.15) is 5.56 Å². The normalized spacial score (nSPS) is 11.4. The zero-order chi connectivity index (χ0) is 22.7. The highest BCUT2D eigenvalue weighted by atomic mass is 32.2. The van der Waals surface area contributed by atoms with Gasteiger partial charge in [-0.05, 0) is 48.0 Å². The Hall–Kier alpha value is -3.30. The second-order valence-electron chi connectivity index (χ2n) is 7.01. The van der Waals surface area contributed by atoms with Crippen LogP contribution in [0.4, 0.5) is 9.52 Å². The molecule has 1 amide bonds. The molecule has 0 unspecified atom stereocenters. The number of ether oxygens (including phenoxy) is 1. The number of sulfone groups is 1. The minimum atomic E-state index is -3.90. The van der Waals surface area contributed by atoms with Gasteiger partial charge in [-0.1, -0.05) is 41.7 Å². The van der Waals surface area contributed by atoms with Gasteiger partial charge in [-0.25, -0.2) is 17.8 Å². The van der Waals surface area contributed by atoms with E-state index in [1.165, 1.54) is 54.5 Å². The lowest BCUT2D eigenvalue weighted by atomic mass is 10.2. The number of rotatable bonds is 7. The number of nitrogens with zero attached hydrogens (tertiary/aromatic N) is 2. The summed E-state index contributed by atoms with van der Waals surface area (Å²) >= 11 is 1.14. The van der Waals surface area contributed by atoms with Crippen LogP contribution >= 0.6 is 11.3 Å². The SMILES string of the molecule is COc1ccc(S(=O)(=O)CC(=O)N(Cc2ccccc2)c2nc3ccc(F)cc3s2)cc1. The average Bonchev–Trinajstić information content (AvgIpc) is 3.20. The van der Waals surface area contributed by atoms with Gasteiger partial charge < -0.3 is 4.74 Å². The van der Waals surface area contributed by atoms with Gasteiger partial charge in [0.2, 0.25) is 5.91 Å². The number of aromatic nitrogens is 1. The summed E-state index contributed by atoms with van der Waals surface area (Å²) in [7, 11) is -2.41. The molecule has 0 aliphatic rings. The predicted molar refractivity (Wildman–Crippen MR) is 122 cm³/mol. The van der Waals surface area contributed by atoms with Crippen molar-refractivity contribution in [3.05, 3.63) is 84.2 Å². The molecule has 6 nitrogen and oxygen atoms in total. The number of halogens is 1. The third-order valence-electron chi connectivity index (χ3n) is 4.79. The highest BCUT2D eigenvalue weighted by Gasteiger charge is 2.27. The van der Waals surface area contributed by atoms with Crippen LogP contribution in [0, 0.1) is 5.82 Å². The molecular weight excluding hydrogens is 451 g/mol. The average molecular weight is 471 g/mol. The fraction of sp³-hybridized carbons (Fsp3) is 0.130. The summed E-state index contributed by atoms with van der Waals surface area (Å²) in [6.07, 6.45) is 0. The minimum Gasteiger partial charge on any atom is -0.497 e. The van der Waals surface area contributed by atoms with Crippen LogP contribution in [-0.2, 0) is 21.2 Å². The third-order valence-corrected chi connectivity index (χ3v) is 7.45. The van der Waals surface area contributed by atoms with Crippen molar-refractivity contribution >= 4 is 42.4 Å². The van der Waals surface area contributed by atoms with E-state index in [1.54, 1.807) is 0 Å². The van der Waals surface area contributed by atoms with E-state index in [1.807, 2.05) is 30.3 Å². The van der Waals surface area contributed by atoms with Gasteiger partial charge in [-0.15, -0.1) is 0 Å². The fourth-order valence-corrected chi connectivity index (χ4v) is 5.34. The Morgan fingerprint density at radius 3 is 2.47 bits per heavy atom. The quantitative estimate of drug-likeness (QED) is 0.399. The highest BCUT2D eigenvalue weighted by molar-refractivity contribution is 7.92. The Bertz CT molecular complexity index is 1350. The largest absolute Gasteiger partial charge is 0.497 e. The second kappa shape index (κ2) is 9.05. The van der Waals surface area contributed by atoms with Gasteiger partial charge in [0, 0.05) is 0 Å². The molecule has 0 bridgehead atoms. The first-order valence-electron chi connectivity index (χ1n) is 9.63. The molecule has 0 saturated carbocycles. The van der Waals surface area contributed by atoms with Crippen LogP contribution in [0.3, 0.4) is 0 Å². The number of benzene rings is 3. The molecule has 0 aliphatic carbocycles. The van der Waals surface area contributed by atoms with Gasteiger partial charge in [0.1, 0.15) is 17.3 Å². The Morgan fingerprint density at radius 1 is 1.06 bits per heavy atom. The molecule has 9 heteroatoms. The fourth-order valence-electron chi connectivity index (χ4n) is 3.14. The van der Waals surface area contributed by atoms with E-state index in [9.17, 15) is 17.6 Å². The molecule has 3 aromatic carbocycles. The van der Waals surface area contributed by atoms with Gasteiger partial charge >= 0.3 is 0 Å². The van der Waals surface area contributed by atoms with E-state index in [0.29, 0.717) is 21.1 Å². The topological polar surface area (TPSA) is 76.6 Å². The van der Waals surface area contributed by atoms with E-state index in [0.717, 1.165) is 16.9 Å². The van der Waals surface area contributed by atoms with E-state index in [-0.39, 0.29) is 11.4 Å². The lowest BCUT2D eigenvalue weighted by Crippen LogP contribution is -2.35. The van der Waals surface area contributed by atoms with Crippen LogP contribution in [0.15, 0.2) is 77.7 Å². The summed E-state index contributed by atoms with van der Waals surface area (Å²) in [6.45, 7) is 0.139. The Kier molecular flexibility index (Phi) is 6.20. The van der Waals surface area contributed by atoms with Crippen LogP contribution in [0.25, 0.3) is 10.2 Å². The monoisotopic (exact) mass is 470 g/mol. The van der Waals surface area contributed by atoms with Crippen molar-refractivity contribution in [1.29, 1.82) is 0 Å². The van der Waals surface area contributed by atoms with Crippen LogP contribution in [-0.4, -0.2) is 32.2 Å². The summed E-state index contributed by atoms with van der Waals surface area (Å²) in [5.41, 5.74) is 1.35. The number of fused-ring (bicyclic) bond motifs is 1. The number of anilines is 1. The molecule has 0 fully saturated rings. The molecule has 0 spiro atoms. The molecule has 4 aromatic rings. The van der Waals surface area contributed by atoms with Crippen molar-refractivity contribution in [3.63, 3.8) is 0 Å². The van der Waals surface area contributed by atoms with Crippen LogP contribution in [0.5, 0.6) is 5.75 Å². The lowest BCUT2D eigenvalue weighted by Gasteiger charge is -2.20. The Labute approximate surface area is 188 Å². The molecule has 0 aliphatic heterocycles. The van der Waals surface area contributed by atoms with Crippen LogP contribution < -0.4 is 9.64 Å². The van der Waals surface area contributed by atoms with Crippen molar-refractivity contribution < 1.29 is 22.3 Å². The Balaban J connectivity index is 1.67. The zero-order valence-electron chi connectivity index (χ0n) is 17.1. The van der Waals surface area contributed by atoms with E-state index >= 15 is 0 Å². The number of hydrogen-bond acceptors (Lipinski definition) is 6. The second-order valence-corrected chi connectivity index (χ2v) is 10.0. The van der Waals surface area contributed by atoms with E-state index in [2.05, 4.69) is 4.98 Å². The van der Waals surface area contributed by atoms with Gasteiger partial charge in [0.05, 0.1) is 28.8 Å². The minimum absolute atomic E-state index is 0.0256. The van der Waals surface area contributed by atoms with Gasteiger partial charge in [0.15, 0.2) is 15.0 Å². The van der Waals surface area contributed by atoms with Crippen molar-refractivity contribution in [2.45, 2.75) is 11.4 Å². The first-order valence-corrected chi connectivity index (χ1v) is 12.1. The van der Waals surface area contributed by atoms with Crippen molar-refractivity contribution in [1.82, 2.24) is 4.98 Å². The molecule has 164 valence electrons. The first-order chi connectivity index (χ1) is 15.4. The molecule has 32 heavy (non-hydrogen) atoms. The number of amides is 1. The molecule has 1 heterocycles. The summed E-state index contributed by atoms with van der Waals surface area (Å²) in [5, 5.41) is 0.310. The maximum atomic E-state index is 13.6. The van der Waals surface area contributed by atoms with Crippen molar-refractivity contribution in [2.75, 3.05) is 17.8 Å². The molecule has 1 aromatic heterocycles. The number of carbonyl (C=O) groups is 1. The molecule has 4 rings (SSSR count). The Morgan fingerprint density at radius 2 is 1.78 bits per heavy atom. The van der Waals surface area contributed by atoms with Crippen LogP contribution in [0.2, 0.25) is 0 Å². The van der Waals surface area contributed by atoms with E-state index in [4.69, 9.17) is 4.74 Å². The molecule has 0 atom stereocenters. The smallest absolute Gasteiger partial charge is 0.244 e. The molecule has 0 radical (unpaired) electrons. The van der Waals surface area contributed by atoms with E-state index < -0.39 is 27.3 Å². The maximum absolute atomic E-state index is 13.6. The summed E-state index contributed by atoms with van der Waals surface area (Å²) in [4.78, 5) is 19.0. The molecule has 0 saturated heterocycles. The lowest BCUT2D eigenvalue weighted by molar-refractivity contribution is -0.116.